The number of hydrogen-bond acceptors (Lipinski definition) is 2. The SMILES string of the molecule is CCC(C=O)CC(=O)N1CCCCC1. The Kier molecular flexibility index (Phi) is 4.63. The standard InChI is InChI=1S/C11H19NO2/c1-2-10(9-13)8-11(14)12-6-4-3-5-7-12/h9-10H,2-8H2,1H3. The first-order valence-corrected chi connectivity index (χ1v) is 5.51. The third kappa shape index (κ3) is 3.13. The molecular weight excluding hydrogens is 178 g/mol. The van der Waals surface area contributed by atoms with Crippen molar-refractivity contribution in [2.45, 2.75) is 39.0 Å². The van der Waals surface area contributed by atoms with Gasteiger partial charge >= 0.3 is 0 Å². The largest absolute Gasteiger partial charge is 0.343 e. The summed E-state index contributed by atoms with van der Waals surface area (Å²) in [7, 11) is 0. The van der Waals surface area contributed by atoms with Crippen LogP contribution in [-0.2, 0) is 9.59 Å². The van der Waals surface area contributed by atoms with Crippen molar-refractivity contribution >= 4 is 12.2 Å². The Morgan fingerprint density at radius 1 is 1.36 bits per heavy atom. The van der Waals surface area contributed by atoms with E-state index in [9.17, 15) is 9.59 Å². The molecule has 1 heterocycles. The van der Waals surface area contributed by atoms with Gasteiger partial charge in [-0.15, -0.1) is 0 Å². The van der Waals surface area contributed by atoms with Gasteiger partial charge in [0.25, 0.3) is 0 Å². The number of hydrogen-bond donors (Lipinski definition) is 0. The summed E-state index contributed by atoms with van der Waals surface area (Å²) in [5.41, 5.74) is 0. The average Bonchev–Trinajstić information content (AvgIpc) is 2.26. The number of amides is 1. The van der Waals surface area contributed by atoms with E-state index in [1.807, 2.05) is 11.8 Å². The molecule has 14 heavy (non-hydrogen) atoms. The third-order valence-corrected chi connectivity index (χ3v) is 2.86. The van der Waals surface area contributed by atoms with Crippen LogP contribution in [0.15, 0.2) is 0 Å². The summed E-state index contributed by atoms with van der Waals surface area (Å²) in [5.74, 6) is 0.0769. The molecule has 0 radical (unpaired) electrons. The Hall–Kier alpha value is -0.860. The fraction of sp³-hybridized carbons (Fsp3) is 0.818. The highest BCUT2D eigenvalue weighted by Gasteiger charge is 2.19. The monoisotopic (exact) mass is 197 g/mol. The molecule has 1 unspecified atom stereocenters. The van der Waals surface area contributed by atoms with Crippen molar-refractivity contribution in [1.82, 2.24) is 4.90 Å². The maximum atomic E-state index is 11.7. The van der Waals surface area contributed by atoms with E-state index in [0.29, 0.717) is 6.42 Å². The highest BCUT2D eigenvalue weighted by molar-refractivity contribution is 5.79. The summed E-state index contributed by atoms with van der Waals surface area (Å²) < 4.78 is 0. The van der Waals surface area contributed by atoms with Gasteiger partial charge in [-0.2, -0.15) is 0 Å². The van der Waals surface area contributed by atoms with Gasteiger partial charge in [0.05, 0.1) is 0 Å². The van der Waals surface area contributed by atoms with Gasteiger partial charge < -0.3 is 9.69 Å². The van der Waals surface area contributed by atoms with Crippen molar-refractivity contribution in [3.63, 3.8) is 0 Å². The molecule has 1 fully saturated rings. The molecule has 1 saturated heterocycles. The van der Waals surface area contributed by atoms with Crippen LogP contribution < -0.4 is 0 Å². The van der Waals surface area contributed by atoms with Gasteiger partial charge in [0.15, 0.2) is 0 Å². The molecule has 80 valence electrons. The average molecular weight is 197 g/mol. The number of carbonyl (C=O) groups is 2. The number of carbonyl (C=O) groups excluding carboxylic acids is 2. The van der Waals surface area contributed by atoms with E-state index in [4.69, 9.17) is 0 Å². The first kappa shape index (κ1) is 11.2. The zero-order valence-electron chi connectivity index (χ0n) is 8.87. The molecule has 0 saturated carbocycles. The van der Waals surface area contributed by atoms with E-state index in [1.165, 1.54) is 6.42 Å². The van der Waals surface area contributed by atoms with E-state index < -0.39 is 0 Å². The summed E-state index contributed by atoms with van der Waals surface area (Å²) in [6.45, 7) is 3.71. The molecule has 0 bridgehead atoms. The molecule has 3 heteroatoms. The van der Waals surface area contributed by atoms with Crippen molar-refractivity contribution in [3.05, 3.63) is 0 Å². The molecule has 0 N–H and O–H groups in total. The molecule has 1 aliphatic rings. The van der Waals surface area contributed by atoms with Crippen LogP contribution in [0.5, 0.6) is 0 Å². The summed E-state index contributed by atoms with van der Waals surface area (Å²) in [6, 6.07) is 0. The highest BCUT2D eigenvalue weighted by atomic mass is 16.2. The third-order valence-electron chi connectivity index (χ3n) is 2.86. The second-order valence-corrected chi connectivity index (χ2v) is 3.95. The van der Waals surface area contributed by atoms with Gasteiger partial charge in [-0.05, 0) is 25.7 Å². The molecule has 1 rings (SSSR count). The molecule has 3 nitrogen and oxygen atoms in total. The molecule has 1 aliphatic heterocycles. The van der Waals surface area contributed by atoms with E-state index in [1.54, 1.807) is 0 Å². The molecule has 0 aliphatic carbocycles. The predicted octanol–water partition coefficient (Wildman–Crippen LogP) is 1.61. The van der Waals surface area contributed by atoms with E-state index >= 15 is 0 Å². The molecule has 0 spiro atoms. The van der Waals surface area contributed by atoms with Crippen LogP contribution >= 0.6 is 0 Å². The lowest BCUT2D eigenvalue weighted by molar-refractivity contribution is -0.134. The van der Waals surface area contributed by atoms with Crippen LogP contribution in [0.4, 0.5) is 0 Å². The van der Waals surface area contributed by atoms with Gasteiger partial charge in [-0.1, -0.05) is 6.92 Å². The summed E-state index contributed by atoms with van der Waals surface area (Å²) in [4.78, 5) is 24.2. The van der Waals surface area contributed by atoms with E-state index in [-0.39, 0.29) is 11.8 Å². The van der Waals surface area contributed by atoms with Crippen molar-refractivity contribution < 1.29 is 9.59 Å². The molecule has 1 atom stereocenters. The molecule has 0 aromatic rings. The minimum absolute atomic E-state index is 0.0792. The second-order valence-electron chi connectivity index (χ2n) is 3.95. The molecule has 0 aromatic heterocycles. The Labute approximate surface area is 85.5 Å². The fourth-order valence-corrected chi connectivity index (χ4v) is 1.79. The van der Waals surface area contributed by atoms with Crippen LogP contribution in [0.3, 0.4) is 0 Å². The quantitative estimate of drug-likeness (QED) is 0.642. The van der Waals surface area contributed by atoms with E-state index in [0.717, 1.165) is 38.6 Å². The van der Waals surface area contributed by atoms with Gasteiger partial charge in [-0.25, -0.2) is 0 Å². The number of nitrogens with zero attached hydrogens (tertiary/aromatic N) is 1. The maximum Gasteiger partial charge on any atom is 0.223 e. The Balaban J connectivity index is 2.35. The van der Waals surface area contributed by atoms with Gasteiger partial charge in [0.1, 0.15) is 6.29 Å². The Morgan fingerprint density at radius 2 is 2.00 bits per heavy atom. The van der Waals surface area contributed by atoms with Gasteiger partial charge in [0.2, 0.25) is 5.91 Å². The van der Waals surface area contributed by atoms with E-state index in [2.05, 4.69) is 0 Å². The predicted molar refractivity (Wildman–Crippen MR) is 54.9 cm³/mol. The summed E-state index contributed by atoms with van der Waals surface area (Å²) in [6.07, 6.45) is 5.53. The lowest BCUT2D eigenvalue weighted by atomic mass is 10.0. The molecule has 1 amide bonds. The first-order valence-electron chi connectivity index (χ1n) is 5.51. The second kappa shape index (κ2) is 5.78. The minimum Gasteiger partial charge on any atom is -0.343 e. The number of aldehydes is 1. The number of rotatable bonds is 4. The zero-order valence-corrected chi connectivity index (χ0v) is 8.87. The van der Waals surface area contributed by atoms with Crippen molar-refractivity contribution in [1.29, 1.82) is 0 Å². The minimum atomic E-state index is -0.0792. The van der Waals surface area contributed by atoms with Crippen molar-refractivity contribution in [2.75, 3.05) is 13.1 Å². The Morgan fingerprint density at radius 3 is 2.50 bits per heavy atom. The number of piperidine rings is 1. The van der Waals surface area contributed by atoms with Crippen LogP contribution in [-0.4, -0.2) is 30.2 Å². The molecule has 0 aromatic carbocycles. The lowest BCUT2D eigenvalue weighted by Crippen LogP contribution is -2.36. The van der Waals surface area contributed by atoms with Crippen molar-refractivity contribution in [3.8, 4) is 0 Å². The molecular formula is C11H19NO2. The van der Waals surface area contributed by atoms with Crippen LogP contribution in [0.2, 0.25) is 0 Å². The van der Waals surface area contributed by atoms with Crippen LogP contribution in [0.1, 0.15) is 39.0 Å². The zero-order chi connectivity index (χ0) is 10.4. The summed E-state index contributed by atoms with van der Waals surface area (Å²) in [5, 5.41) is 0. The van der Waals surface area contributed by atoms with Gasteiger partial charge in [0, 0.05) is 25.4 Å². The van der Waals surface area contributed by atoms with Crippen LogP contribution in [0.25, 0.3) is 0 Å². The van der Waals surface area contributed by atoms with Gasteiger partial charge in [-0.3, -0.25) is 4.79 Å². The maximum absolute atomic E-state index is 11.7. The van der Waals surface area contributed by atoms with Crippen LogP contribution in [0, 0.1) is 5.92 Å². The normalized spacial score (nSPS) is 19.1. The summed E-state index contributed by atoms with van der Waals surface area (Å²) >= 11 is 0. The number of likely N-dealkylation sites (tertiary alicyclic amines) is 1. The first-order chi connectivity index (χ1) is 6.77. The smallest absolute Gasteiger partial charge is 0.223 e. The Bertz CT molecular complexity index is 197. The highest BCUT2D eigenvalue weighted by Crippen LogP contribution is 2.13. The fourth-order valence-electron chi connectivity index (χ4n) is 1.79. The van der Waals surface area contributed by atoms with Crippen molar-refractivity contribution in [2.24, 2.45) is 5.92 Å². The lowest BCUT2D eigenvalue weighted by Gasteiger charge is -2.27. The topological polar surface area (TPSA) is 37.4 Å².